The van der Waals surface area contributed by atoms with E-state index in [0.29, 0.717) is 18.9 Å². The summed E-state index contributed by atoms with van der Waals surface area (Å²) in [7, 11) is 1.86. The second-order valence-electron chi connectivity index (χ2n) is 3.57. The largest absolute Gasteiger partial charge is 0.448 e. The molecule has 3 nitrogen and oxygen atoms in total. The number of nitrogens with zero attached hydrogens (tertiary/aromatic N) is 1. The first-order valence-electron chi connectivity index (χ1n) is 5.10. The molecule has 84 valence electrons. The third-order valence-electron chi connectivity index (χ3n) is 2.23. The zero-order chi connectivity index (χ0) is 11.4. The molecule has 1 aromatic heterocycles. The Kier molecular flexibility index (Phi) is 3.31. The molecular weight excluding hydrogens is 207 g/mol. The molecule has 0 saturated heterocycles. The lowest BCUT2D eigenvalue weighted by Gasteiger charge is -1.96. The second kappa shape index (κ2) is 4.90. The van der Waals surface area contributed by atoms with E-state index in [9.17, 15) is 4.39 Å². The van der Waals surface area contributed by atoms with Crippen molar-refractivity contribution in [1.29, 1.82) is 0 Å². The van der Waals surface area contributed by atoms with E-state index in [-0.39, 0.29) is 5.82 Å². The Morgan fingerprint density at radius 3 is 2.75 bits per heavy atom. The summed E-state index contributed by atoms with van der Waals surface area (Å²) in [6, 6.07) is 6.34. The molecule has 16 heavy (non-hydrogen) atoms. The fraction of sp³-hybridized carbons (Fsp3) is 0.250. The maximum Gasteiger partial charge on any atom is 0.198 e. The minimum atomic E-state index is -0.230. The predicted molar refractivity (Wildman–Crippen MR) is 58.5 cm³/mol. The van der Waals surface area contributed by atoms with Gasteiger partial charge in [0.25, 0.3) is 0 Å². The summed E-state index contributed by atoms with van der Waals surface area (Å²) in [6.07, 6.45) is 2.22. The lowest BCUT2D eigenvalue weighted by atomic mass is 10.1. The molecule has 0 fully saturated rings. The monoisotopic (exact) mass is 220 g/mol. The van der Waals surface area contributed by atoms with E-state index >= 15 is 0 Å². The van der Waals surface area contributed by atoms with Crippen LogP contribution < -0.4 is 5.32 Å². The second-order valence-corrected chi connectivity index (χ2v) is 3.57. The third kappa shape index (κ3) is 2.67. The molecule has 0 aliphatic rings. The molecule has 0 radical (unpaired) electrons. The summed E-state index contributed by atoms with van der Waals surface area (Å²) in [5.74, 6) is 0.420. The van der Waals surface area contributed by atoms with Crippen molar-refractivity contribution in [2.45, 2.75) is 13.0 Å². The van der Waals surface area contributed by atoms with E-state index in [4.69, 9.17) is 4.42 Å². The van der Waals surface area contributed by atoms with Gasteiger partial charge in [-0.15, -0.1) is 0 Å². The maximum atomic E-state index is 12.7. The van der Waals surface area contributed by atoms with Crippen molar-refractivity contribution in [3.05, 3.63) is 53.5 Å². The zero-order valence-electron chi connectivity index (χ0n) is 9.03. The average molecular weight is 220 g/mol. The molecule has 2 rings (SSSR count). The summed E-state index contributed by atoms with van der Waals surface area (Å²) in [6.45, 7) is 0.687. The average Bonchev–Trinajstić information content (AvgIpc) is 2.70. The van der Waals surface area contributed by atoms with Crippen molar-refractivity contribution in [2.24, 2.45) is 0 Å². The first-order chi connectivity index (χ1) is 7.78. The molecule has 0 atom stereocenters. The van der Waals surface area contributed by atoms with Crippen LogP contribution >= 0.6 is 0 Å². The number of hydrogen-bond donors (Lipinski definition) is 1. The van der Waals surface area contributed by atoms with Gasteiger partial charge in [-0.2, -0.15) is 0 Å². The highest BCUT2D eigenvalue weighted by Gasteiger charge is 2.04. The fourth-order valence-electron chi connectivity index (χ4n) is 1.47. The molecule has 1 aromatic carbocycles. The van der Waals surface area contributed by atoms with Gasteiger partial charge in [0.05, 0.1) is 5.69 Å². The van der Waals surface area contributed by atoms with Crippen LogP contribution in [0.1, 0.15) is 17.1 Å². The minimum Gasteiger partial charge on any atom is -0.448 e. The molecule has 0 amide bonds. The third-order valence-corrected chi connectivity index (χ3v) is 2.23. The number of aromatic nitrogens is 1. The number of benzene rings is 1. The summed E-state index contributed by atoms with van der Waals surface area (Å²) in [5.41, 5.74) is 1.86. The van der Waals surface area contributed by atoms with Crippen LogP contribution in [0, 0.1) is 5.82 Å². The van der Waals surface area contributed by atoms with Crippen LogP contribution in [-0.4, -0.2) is 12.0 Å². The van der Waals surface area contributed by atoms with Crippen LogP contribution in [0.5, 0.6) is 0 Å². The summed E-state index contributed by atoms with van der Waals surface area (Å²) >= 11 is 0. The standard InChI is InChI=1S/C12H13FN2O/c1-14-7-11-8-16-12(15-11)6-9-2-4-10(13)5-3-9/h2-5,8,14H,6-7H2,1H3. The molecule has 0 bridgehead atoms. The molecule has 0 unspecified atom stereocenters. The molecule has 0 aliphatic heterocycles. The van der Waals surface area contributed by atoms with Crippen LogP contribution in [-0.2, 0) is 13.0 Å². The highest BCUT2D eigenvalue weighted by molar-refractivity contribution is 5.19. The van der Waals surface area contributed by atoms with Crippen molar-refractivity contribution in [3.8, 4) is 0 Å². The van der Waals surface area contributed by atoms with Crippen molar-refractivity contribution in [1.82, 2.24) is 10.3 Å². The topological polar surface area (TPSA) is 38.1 Å². The van der Waals surface area contributed by atoms with E-state index in [0.717, 1.165) is 11.3 Å². The van der Waals surface area contributed by atoms with Gasteiger partial charge in [0.15, 0.2) is 5.89 Å². The molecule has 1 N–H and O–H groups in total. The van der Waals surface area contributed by atoms with Gasteiger partial charge in [-0.1, -0.05) is 12.1 Å². The fourth-order valence-corrected chi connectivity index (χ4v) is 1.47. The number of halogens is 1. The number of nitrogens with one attached hydrogen (secondary N) is 1. The highest BCUT2D eigenvalue weighted by atomic mass is 19.1. The van der Waals surface area contributed by atoms with Gasteiger partial charge in [0.2, 0.25) is 0 Å². The van der Waals surface area contributed by atoms with Crippen LogP contribution in [0.2, 0.25) is 0 Å². The molecular formula is C12H13FN2O. The highest BCUT2D eigenvalue weighted by Crippen LogP contribution is 2.10. The normalized spacial score (nSPS) is 10.6. The Hall–Kier alpha value is -1.68. The Labute approximate surface area is 93.3 Å². The molecule has 0 saturated carbocycles. The van der Waals surface area contributed by atoms with E-state index in [2.05, 4.69) is 10.3 Å². The first-order valence-corrected chi connectivity index (χ1v) is 5.10. The SMILES string of the molecule is CNCc1coc(Cc2ccc(F)cc2)n1. The number of hydrogen-bond acceptors (Lipinski definition) is 3. The van der Waals surface area contributed by atoms with Gasteiger partial charge in [-0.05, 0) is 24.7 Å². The van der Waals surface area contributed by atoms with Crippen LogP contribution in [0.25, 0.3) is 0 Å². The quantitative estimate of drug-likeness (QED) is 0.857. The molecule has 1 heterocycles. The number of rotatable bonds is 4. The van der Waals surface area contributed by atoms with Gasteiger partial charge in [0.1, 0.15) is 12.1 Å². The minimum absolute atomic E-state index is 0.230. The van der Waals surface area contributed by atoms with E-state index in [1.165, 1.54) is 12.1 Å². The van der Waals surface area contributed by atoms with E-state index in [1.54, 1.807) is 18.4 Å². The van der Waals surface area contributed by atoms with Gasteiger partial charge in [0, 0.05) is 13.0 Å². The predicted octanol–water partition coefficient (Wildman–Crippen LogP) is 2.12. The first kappa shape index (κ1) is 10.8. The lowest BCUT2D eigenvalue weighted by Crippen LogP contribution is -2.05. The van der Waals surface area contributed by atoms with Crippen molar-refractivity contribution in [3.63, 3.8) is 0 Å². The van der Waals surface area contributed by atoms with Gasteiger partial charge in [-0.3, -0.25) is 0 Å². The Balaban J connectivity index is 2.05. The summed E-state index contributed by atoms with van der Waals surface area (Å²) in [5, 5.41) is 3.00. The lowest BCUT2D eigenvalue weighted by molar-refractivity contribution is 0.506. The molecule has 0 spiro atoms. The van der Waals surface area contributed by atoms with Crippen molar-refractivity contribution in [2.75, 3.05) is 7.05 Å². The van der Waals surface area contributed by atoms with Crippen molar-refractivity contribution >= 4 is 0 Å². The van der Waals surface area contributed by atoms with Crippen LogP contribution in [0.4, 0.5) is 4.39 Å². The molecule has 0 aliphatic carbocycles. The van der Waals surface area contributed by atoms with Crippen LogP contribution in [0.15, 0.2) is 34.9 Å². The summed E-state index contributed by atoms with van der Waals surface area (Å²) in [4.78, 5) is 4.29. The van der Waals surface area contributed by atoms with E-state index in [1.807, 2.05) is 7.05 Å². The maximum absolute atomic E-state index is 12.7. The summed E-state index contributed by atoms with van der Waals surface area (Å²) < 4.78 is 18.0. The van der Waals surface area contributed by atoms with Crippen LogP contribution in [0.3, 0.4) is 0 Å². The zero-order valence-corrected chi connectivity index (χ0v) is 9.03. The Morgan fingerprint density at radius 2 is 2.06 bits per heavy atom. The number of oxazole rings is 1. The van der Waals surface area contributed by atoms with E-state index < -0.39 is 0 Å². The van der Waals surface area contributed by atoms with Gasteiger partial charge >= 0.3 is 0 Å². The van der Waals surface area contributed by atoms with Gasteiger partial charge in [-0.25, -0.2) is 9.37 Å². The molecule has 4 heteroatoms. The van der Waals surface area contributed by atoms with Gasteiger partial charge < -0.3 is 9.73 Å². The molecule has 2 aromatic rings. The van der Waals surface area contributed by atoms with Crippen molar-refractivity contribution < 1.29 is 8.81 Å². The smallest absolute Gasteiger partial charge is 0.198 e. The Morgan fingerprint density at radius 1 is 1.31 bits per heavy atom. The Bertz CT molecular complexity index is 450.